The topological polar surface area (TPSA) is 95.5 Å². The molecular weight excluding hydrogens is 280 g/mol. The average molecular weight is 304 g/mol. The standard InChI is InChI=1S/C13H24N2O4S/c16-10-13(3-1-2-4-13)9-15-12(17)7-11-8-20(18,19)6-5-14-11/h11,14,16H,1-10H2,(H,15,17). The van der Waals surface area contributed by atoms with Gasteiger partial charge in [-0.25, -0.2) is 8.42 Å². The smallest absolute Gasteiger partial charge is 0.221 e. The Kier molecular flexibility index (Phi) is 5.04. The minimum absolute atomic E-state index is 0.0333. The van der Waals surface area contributed by atoms with Crippen molar-refractivity contribution in [2.45, 2.75) is 38.1 Å². The fraction of sp³-hybridized carbons (Fsp3) is 0.923. The van der Waals surface area contributed by atoms with Crippen molar-refractivity contribution in [1.82, 2.24) is 10.6 Å². The van der Waals surface area contributed by atoms with Crippen LogP contribution in [0.2, 0.25) is 0 Å². The summed E-state index contributed by atoms with van der Waals surface area (Å²) < 4.78 is 23.0. The van der Waals surface area contributed by atoms with Gasteiger partial charge >= 0.3 is 0 Å². The Balaban J connectivity index is 1.78. The van der Waals surface area contributed by atoms with Gasteiger partial charge in [0.25, 0.3) is 0 Å². The maximum atomic E-state index is 11.9. The third-order valence-electron chi connectivity index (χ3n) is 4.39. The summed E-state index contributed by atoms with van der Waals surface area (Å²) in [6, 6.07) is -0.289. The Bertz CT molecular complexity index is 443. The Hall–Kier alpha value is -0.660. The number of sulfone groups is 1. The van der Waals surface area contributed by atoms with E-state index >= 15 is 0 Å². The fourth-order valence-corrected chi connectivity index (χ4v) is 4.54. The van der Waals surface area contributed by atoms with Crippen LogP contribution in [0.5, 0.6) is 0 Å². The molecule has 0 bridgehead atoms. The monoisotopic (exact) mass is 304 g/mol. The lowest BCUT2D eigenvalue weighted by Crippen LogP contribution is -2.48. The Morgan fingerprint density at radius 2 is 2.05 bits per heavy atom. The van der Waals surface area contributed by atoms with Crippen molar-refractivity contribution in [2.24, 2.45) is 5.41 Å². The minimum Gasteiger partial charge on any atom is -0.396 e. The molecule has 0 aromatic carbocycles. The second-order valence-corrected chi connectivity index (χ2v) is 8.34. The molecule has 0 aromatic rings. The molecule has 1 saturated carbocycles. The molecule has 1 saturated heterocycles. The number of rotatable bonds is 5. The highest BCUT2D eigenvalue weighted by atomic mass is 32.2. The summed E-state index contributed by atoms with van der Waals surface area (Å²) in [4.78, 5) is 11.9. The molecule has 6 nitrogen and oxygen atoms in total. The molecule has 2 fully saturated rings. The molecular formula is C13H24N2O4S. The van der Waals surface area contributed by atoms with Crippen molar-refractivity contribution >= 4 is 15.7 Å². The van der Waals surface area contributed by atoms with E-state index in [1.165, 1.54) is 0 Å². The van der Waals surface area contributed by atoms with Gasteiger partial charge in [-0.2, -0.15) is 0 Å². The van der Waals surface area contributed by atoms with Crippen LogP contribution in [0.15, 0.2) is 0 Å². The van der Waals surface area contributed by atoms with Crippen molar-refractivity contribution in [1.29, 1.82) is 0 Å². The highest BCUT2D eigenvalue weighted by Crippen LogP contribution is 2.36. The zero-order chi connectivity index (χ0) is 14.6. The maximum absolute atomic E-state index is 11.9. The molecule has 116 valence electrons. The first-order valence-electron chi connectivity index (χ1n) is 7.26. The maximum Gasteiger partial charge on any atom is 0.221 e. The number of hydrogen-bond donors (Lipinski definition) is 3. The SMILES string of the molecule is O=C(CC1CS(=O)(=O)CCN1)NCC1(CO)CCCC1. The third-order valence-corrected chi connectivity index (χ3v) is 6.13. The first kappa shape index (κ1) is 15.7. The highest BCUT2D eigenvalue weighted by molar-refractivity contribution is 7.91. The first-order valence-corrected chi connectivity index (χ1v) is 9.08. The van der Waals surface area contributed by atoms with Crippen molar-refractivity contribution < 1.29 is 18.3 Å². The van der Waals surface area contributed by atoms with Gasteiger partial charge in [0.1, 0.15) is 0 Å². The van der Waals surface area contributed by atoms with E-state index in [1.54, 1.807) is 0 Å². The van der Waals surface area contributed by atoms with E-state index in [-0.39, 0.29) is 41.9 Å². The van der Waals surface area contributed by atoms with Gasteiger partial charge in [-0.1, -0.05) is 12.8 Å². The number of nitrogens with one attached hydrogen (secondary N) is 2. The van der Waals surface area contributed by atoms with E-state index < -0.39 is 9.84 Å². The number of aliphatic hydroxyl groups excluding tert-OH is 1. The van der Waals surface area contributed by atoms with Crippen LogP contribution in [0.4, 0.5) is 0 Å². The molecule has 3 N–H and O–H groups in total. The lowest BCUT2D eigenvalue weighted by Gasteiger charge is -2.28. The normalized spacial score (nSPS) is 28.1. The molecule has 0 radical (unpaired) electrons. The Morgan fingerprint density at radius 1 is 1.35 bits per heavy atom. The lowest BCUT2D eigenvalue weighted by atomic mass is 9.87. The van der Waals surface area contributed by atoms with Gasteiger partial charge in [-0.3, -0.25) is 4.79 Å². The quantitative estimate of drug-likeness (QED) is 0.632. The summed E-state index contributed by atoms with van der Waals surface area (Å²) in [5.41, 5.74) is -0.165. The first-order chi connectivity index (χ1) is 9.45. The summed E-state index contributed by atoms with van der Waals surface area (Å²) in [6.07, 6.45) is 4.26. The highest BCUT2D eigenvalue weighted by Gasteiger charge is 2.34. The Morgan fingerprint density at radius 3 is 2.65 bits per heavy atom. The number of hydrogen-bond acceptors (Lipinski definition) is 5. The van der Waals surface area contributed by atoms with Gasteiger partial charge < -0.3 is 15.7 Å². The molecule has 2 aliphatic rings. The molecule has 1 unspecified atom stereocenters. The summed E-state index contributed by atoms with van der Waals surface area (Å²) in [5.74, 6) is 0.0453. The molecule has 2 rings (SSSR count). The molecule has 0 aromatic heterocycles. The number of carbonyl (C=O) groups is 1. The Labute approximate surface area is 120 Å². The van der Waals surface area contributed by atoms with Crippen LogP contribution in [0, 0.1) is 5.41 Å². The van der Waals surface area contributed by atoms with Crippen LogP contribution >= 0.6 is 0 Å². The summed E-state index contributed by atoms with van der Waals surface area (Å²) in [5, 5.41) is 15.4. The molecule has 1 amide bonds. The summed E-state index contributed by atoms with van der Waals surface area (Å²) in [7, 11) is -3.01. The van der Waals surface area contributed by atoms with Crippen molar-refractivity contribution in [2.75, 3.05) is 31.2 Å². The van der Waals surface area contributed by atoms with Gasteiger partial charge in [0.15, 0.2) is 9.84 Å². The zero-order valence-corrected chi connectivity index (χ0v) is 12.5. The van der Waals surface area contributed by atoms with E-state index in [9.17, 15) is 18.3 Å². The molecule has 1 atom stereocenters. The molecule has 1 heterocycles. The van der Waals surface area contributed by atoms with Crippen molar-refractivity contribution in [3.63, 3.8) is 0 Å². The largest absolute Gasteiger partial charge is 0.396 e. The zero-order valence-electron chi connectivity index (χ0n) is 11.7. The van der Waals surface area contributed by atoms with E-state index in [4.69, 9.17) is 0 Å². The second kappa shape index (κ2) is 6.41. The van der Waals surface area contributed by atoms with Crippen LogP contribution in [0.3, 0.4) is 0 Å². The number of aliphatic hydroxyl groups is 1. The summed E-state index contributed by atoms with van der Waals surface area (Å²) in [6.45, 7) is 1.01. The number of amides is 1. The second-order valence-electron chi connectivity index (χ2n) is 6.11. The summed E-state index contributed by atoms with van der Waals surface area (Å²) >= 11 is 0. The molecule has 0 spiro atoms. The lowest BCUT2D eigenvalue weighted by molar-refractivity contribution is -0.122. The van der Waals surface area contributed by atoms with Crippen LogP contribution in [0.1, 0.15) is 32.1 Å². The van der Waals surface area contributed by atoms with Crippen molar-refractivity contribution in [3.05, 3.63) is 0 Å². The number of carbonyl (C=O) groups excluding carboxylic acids is 1. The molecule has 1 aliphatic carbocycles. The van der Waals surface area contributed by atoms with Gasteiger partial charge in [-0.15, -0.1) is 0 Å². The third kappa shape index (κ3) is 4.17. The van der Waals surface area contributed by atoms with Crippen LogP contribution in [0.25, 0.3) is 0 Å². The molecule has 1 aliphatic heterocycles. The van der Waals surface area contributed by atoms with Gasteiger partial charge in [0, 0.05) is 31.0 Å². The van der Waals surface area contributed by atoms with Gasteiger partial charge in [0.2, 0.25) is 5.91 Å². The van der Waals surface area contributed by atoms with Crippen LogP contribution in [-0.4, -0.2) is 56.7 Å². The van der Waals surface area contributed by atoms with E-state index in [2.05, 4.69) is 10.6 Å². The predicted octanol–water partition coefficient (Wildman–Crippen LogP) is -0.568. The van der Waals surface area contributed by atoms with Crippen LogP contribution in [-0.2, 0) is 14.6 Å². The van der Waals surface area contributed by atoms with E-state index in [0.29, 0.717) is 13.1 Å². The predicted molar refractivity (Wildman–Crippen MR) is 76.1 cm³/mol. The fourth-order valence-electron chi connectivity index (χ4n) is 3.10. The van der Waals surface area contributed by atoms with Crippen molar-refractivity contribution in [3.8, 4) is 0 Å². The van der Waals surface area contributed by atoms with Crippen LogP contribution < -0.4 is 10.6 Å². The van der Waals surface area contributed by atoms with Gasteiger partial charge in [-0.05, 0) is 12.8 Å². The van der Waals surface area contributed by atoms with E-state index in [1.807, 2.05) is 0 Å². The molecule has 7 heteroatoms. The van der Waals surface area contributed by atoms with Gasteiger partial charge in [0.05, 0.1) is 18.1 Å². The van der Waals surface area contributed by atoms with E-state index in [0.717, 1.165) is 25.7 Å². The minimum atomic E-state index is -3.01. The average Bonchev–Trinajstić information content (AvgIpc) is 2.85. The molecule has 20 heavy (non-hydrogen) atoms.